The summed E-state index contributed by atoms with van der Waals surface area (Å²) in [6.45, 7) is 2.09. The number of hydrogen-bond acceptors (Lipinski definition) is 4. The summed E-state index contributed by atoms with van der Waals surface area (Å²) in [5, 5.41) is 4.12. The summed E-state index contributed by atoms with van der Waals surface area (Å²) in [4.78, 5) is 0.254. The zero-order valence-corrected chi connectivity index (χ0v) is 16.6. The zero-order valence-electron chi connectivity index (χ0n) is 13.3. The van der Waals surface area contributed by atoms with Gasteiger partial charge in [0, 0.05) is 52.1 Å². The monoisotopic (exact) mass is 431 g/mol. The zero-order chi connectivity index (χ0) is 17.5. The van der Waals surface area contributed by atoms with E-state index in [-0.39, 0.29) is 11.4 Å². The molecule has 0 bridgehead atoms. The molecule has 0 amide bonds. The summed E-state index contributed by atoms with van der Waals surface area (Å²) in [5.74, 6) is 0.645. The van der Waals surface area contributed by atoms with Gasteiger partial charge in [0.15, 0.2) is 0 Å². The molecule has 0 saturated carbocycles. The van der Waals surface area contributed by atoms with Crippen molar-refractivity contribution in [2.45, 2.75) is 17.9 Å². The molecule has 1 aliphatic rings. The van der Waals surface area contributed by atoms with E-state index >= 15 is 0 Å². The van der Waals surface area contributed by atoms with E-state index in [1.165, 1.54) is 4.31 Å². The quantitative estimate of drug-likeness (QED) is 0.744. The minimum atomic E-state index is -3.67. The fourth-order valence-corrected chi connectivity index (χ4v) is 6.21. The molecular weight excluding hydrogens is 414 g/mol. The van der Waals surface area contributed by atoms with Gasteiger partial charge < -0.3 is 0 Å². The van der Waals surface area contributed by atoms with Gasteiger partial charge in [-0.2, -0.15) is 9.40 Å². The molecule has 2 atom stereocenters. The van der Waals surface area contributed by atoms with Crippen LogP contribution >= 0.6 is 15.9 Å². The first-order valence-electron chi connectivity index (χ1n) is 7.40. The maximum atomic E-state index is 13.1. The van der Waals surface area contributed by atoms with Gasteiger partial charge in [0.2, 0.25) is 10.0 Å². The summed E-state index contributed by atoms with van der Waals surface area (Å²) in [6.07, 6.45) is 3.42. The van der Waals surface area contributed by atoms with E-state index < -0.39 is 26.9 Å². The topological polar surface area (TPSA) is 72.3 Å². The Labute approximate surface area is 152 Å². The Morgan fingerprint density at radius 3 is 2.75 bits per heavy atom. The number of hydrogen-bond donors (Lipinski definition) is 0. The highest BCUT2D eigenvalue weighted by Gasteiger charge is 2.37. The molecule has 0 spiro atoms. The normalized spacial score (nSPS) is 22.6. The van der Waals surface area contributed by atoms with E-state index in [1.807, 2.05) is 6.92 Å². The summed E-state index contributed by atoms with van der Waals surface area (Å²) >= 11 is 3.39. The molecule has 2 heterocycles. The van der Waals surface area contributed by atoms with Crippen LogP contribution in [0.3, 0.4) is 0 Å². The molecule has 0 aliphatic carbocycles. The molecule has 24 heavy (non-hydrogen) atoms. The van der Waals surface area contributed by atoms with Gasteiger partial charge in [-0.25, -0.2) is 8.42 Å². The molecular formula is C15H18BrN3O3S2. The van der Waals surface area contributed by atoms with Crippen LogP contribution < -0.4 is 0 Å². The third-order valence-corrected chi connectivity index (χ3v) is 8.20. The van der Waals surface area contributed by atoms with Crippen molar-refractivity contribution in [3.8, 4) is 0 Å². The van der Waals surface area contributed by atoms with Crippen LogP contribution in [0.2, 0.25) is 0 Å². The number of rotatable bonds is 3. The summed E-state index contributed by atoms with van der Waals surface area (Å²) in [7, 11) is -2.93. The summed E-state index contributed by atoms with van der Waals surface area (Å²) in [5.41, 5.74) is 1.62. The van der Waals surface area contributed by atoms with Crippen molar-refractivity contribution in [1.29, 1.82) is 0 Å². The molecule has 1 aromatic heterocycles. The Morgan fingerprint density at radius 2 is 2.12 bits per heavy atom. The first-order chi connectivity index (χ1) is 11.3. The lowest BCUT2D eigenvalue weighted by Crippen LogP contribution is -2.44. The Bertz CT molecular complexity index is 895. The fraction of sp³-hybridized carbons (Fsp3) is 0.400. The minimum absolute atomic E-state index is 0.240. The smallest absolute Gasteiger partial charge is 0.243 e. The second-order valence-corrected chi connectivity index (χ2v) is 10.2. The van der Waals surface area contributed by atoms with Gasteiger partial charge in [-0.3, -0.25) is 8.89 Å². The number of aromatic nitrogens is 2. The first kappa shape index (κ1) is 17.8. The SMILES string of the molecule is Cc1cc(S(=O)(=O)N2CC[S@](=O)C[C@H]2c2cnn(C)c2)ccc1Br. The molecule has 9 heteroatoms. The van der Waals surface area contributed by atoms with E-state index in [0.29, 0.717) is 11.5 Å². The Morgan fingerprint density at radius 1 is 1.38 bits per heavy atom. The highest BCUT2D eigenvalue weighted by atomic mass is 79.9. The average Bonchev–Trinajstić information content (AvgIpc) is 2.96. The Hall–Kier alpha value is -1.03. The molecule has 1 fully saturated rings. The van der Waals surface area contributed by atoms with Crippen molar-refractivity contribution in [3.63, 3.8) is 0 Å². The van der Waals surface area contributed by atoms with Crippen molar-refractivity contribution in [3.05, 3.63) is 46.2 Å². The summed E-state index contributed by atoms with van der Waals surface area (Å²) < 4.78 is 42.2. The highest BCUT2D eigenvalue weighted by molar-refractivity contribution is 9.10. The van der Waals surface area contributed by atoms with Crippen LogP contribution in [0.4, 0.5) is 0 Å². The van der Waals surface area contributed by atoms with Crippen molar-refractivity contribution in [2.75, 3.05) is 18.1 Å². The molecule has 6 nitrogen and oxygen atoms in total. The van der Waals surface area contributed by atoms with Crippen LogP contribution in [0.1, 0.15) is 17.2 Å². The third-order valence-electron chi connectivity index (χ3n) is 4.08. The first-order valence-corrected chi connectivity index (χ1v) is 11.1. The lowest BCUT2D eigenvalue weighted by atomic mass is 10.2. The van der Waals surface area contributed by atoms with E-state index in [2.05, 4.69) is 21.0 Å². The Kier molecular flexibility index (Phi) is 4.96. The largest absolute Gasteiger partial charge is 0.275 e. The van der Waals surface area contributed by atoms with E-state index in [9.17, 15) is 12.6 Å². The van der Waals surface area contributed by atoms with Gasteiger partial charge in [0.1, 0.15) is 0 Å². The number of aryl methyl sites for hydroxylation is 2. The van der Waals surface area contributed by atoms with Crippen molar-refractivity contribution in [2.24, 2.45) is 7.05 Å². The second kappa shape index (κ2) is 6.70. The predicted octanol–water partition coefficient (Wildman–Crippen LogP) is 1.99. The van der Waals surface area contributed by atoms with Gasteiger partial charge in [0.05, 0.1) is 17.1 Å². The van der Waals surface area contributed by atoms with E-state index in [1.54, 1.807) is 42.3 Å². The van der Waals surface area contributed by atoms with Crippen molar-refractivity contribution in [1.82, 2.24) is 14.1 Å². The van der Waals surface area contributed by atoms with E-state index in [4.69, 9.17) is 0 Å². The molecule has 0 radical (unpaired) electrons. The van der Waals surface area contributed by atoms with Gasteiger partial charge in [-0.1, -0.05) is 15.9 Å². The standard InChI is InChI=1S/C15H18BrN3O3S2/c1-11-7-13(3-4-14(11)16)24(21,22)19-5-6-23(20)10-15(19)12-8-17-18(2)9-12/h3-4,7-9,15H,5-6,10H2,1-2H3/t15-,23-/m0/s1. The molecule has 3 rings (SSSR count). The van der Waals surface area contributed by atoms with Crippen LogP contribution in [-0.4, -0.2) is 44.8 Å². The molecule has 0 N–H and O–H groups in total. The molecule has 1 aromatic carbocycles. The van der Waals surface area contributed by atoms with Gasteiger partial charge >= 0.3 is 0 Å². The number of halogens is 1. The lowest BCUT2D eigenvalue weighted by molar-refractivity contribution is 0.351. The Balaban J connectivity index is 2.03. The van der Waals surface area contributed by atoms with Gasteiger partial charge in [-0.05, 0) is 30.7 Å². The van der Waals surface area contributed by atoms with Crippen molar-refractivity contribution < 1.29 is 12.6 Å². The second-order valence-electron chi connectivity index (χ2n) is 5.80. The third kappa shape index (κ3) is 3.35. The van der Waals surface area contributed by atoms with Crippen molar-refractivity contribution >= 4 is 36.8 Å². The van der Waals surface area contributed by atoms with E-state index in [0.717, 1.165) is 15.6 Å². The van der Waals surface area contributed by atoms with Crippen LogP contribution in [-0.2, 0) is 27.9 Å². The highest BCUT2D eigenvalue weighted by Crippen LogP contribution is 2.32. The molecule has 0 unspecified atom stereocenters. The predicted molar refractivity (Wildman–Crippen MR) is 96.6 cm³/mol. The minimum Gasteiger partial charge on any atom is -0.275 e. The van der Waals surface area contributed by atoms with Gasteiger partial charge in [-0.15, -0.1) is 0 Å². The number of nitrogens with zero attached hydrogens (tertiary/aromatic N) is 3. The molecule has 1 saturated heterocycles. The van der Waals surface area contributed by atoms with Crippen LogP contribution in [0.5, 0.6) is 0 Å². The molecule has 130 valence electrons. The van der Waals surface area contributed by atoms with Crippen LogP contribution in [0, 0.1) is 6.92 Å². The number of sulfonamides is 1. The average molecular weight is 432 g/mol. The number of benzene rings is 1. The fourth-order valence-electron chi connectivity index (χ4n) is 2.77. The van der Waals surface area contributed by atoms with Crippen LogP contribution in [0.15, 0.2) is 40.0 Å². The maximum Gasteiger partial charge on any atom is 0.243 e. The maximum absolute atomic E-state index is 13.1. The van der Waals surface area contributed by atoms with Gasteiger partial charge in [0.25, 0.3) is 0 Å². The van der Waals surface area contributed by atoms with Crippen LogP contribution in [0.25, 0.3) is 0 Å². The molecule has 1 aliphatic heterocycles. The molecule has 2 aromatic rings. The summed E-state index contributed by atoms with van der Waals surface area (Å²) in [6, 6.07) is 4.54. The lowest BCUT2D eigenvalue weighted by Gasteiger charge is -2.33.